The molecule has 1 aromatic carbocycles. The predicted molar refractivity (Wildman–Crippen MR) is 89.0 cm³/mol. The first-order valence-corrected chi connectivity index (χ1v) is 8.78. The molecule has 1 aromatic rings. The van der Waals surface area contributed by atoms with Gasteiger partial charge in [0.15, 0.2) is 11.5 Å². The predicted octanol–water partition coefficient (Wildman–Crippen LogP) is 4.29. The minimum Gasteiger partial charge on any atom is -0.504 e. The summed E-state index contributed by atoms with van der Waals surface area (Å²) in [6, 6.07) is 4.72. The number of ketones is 1. The van der Waals surface area contributed by atoms with Crippen molar-refractivity contribution in [1.82, 2.24) is 0 Å². The molecule has 122 valence electrons. The molecule has 0 aliphatic heterocycles. The fraction of sp³-hybridized carbons (Fsp3) is 0.550. The van der Waals surface area contributed by atoms with Crippen LogP contribution in [0.5, 0.6) is 11.5 Å². The molecular weight excluding hydrogens is 288 g/mol. The number of phenolic OH excluding ortho intramolecular Hbond substituents is 2. The van der Waals surface area contributed by atoms with E-state index in [1.165, 1.54) is 37.8 Å². The number of phenols is 2. The lowest BCUT2D eigenvalue weighted by Crippen LogP contribution is -2.38. The van der Waals surface area contributed by atoms with Gasteiger partial charge < -0.3 is 10.2 Å². The van der Waals surface area contributed by atoms with Gasteiger partial charge in [-0.05, 0) is 74.0 Å². The summed E-state index contributed by atoms with van der Waals surface area (Å²) >= 11 is 0. The molecule has 0 saturated heterocycles. The molecule has 0 radical (unpaired) electrons. The van der Waals surface area contributed by atoms with E-state index < -0.39 is 0 Å². The Labute approximate surface area is 137 Å². The maximum absolute atomic E-state index is 12.9. The number of hydrogen-bond donors (Lipinski definition) is 2. The van der Waals surface area contributed by atoms with Gasteiger partial charge in [0.1, 0.15) is 5.78 Å². The van der Waals surface area contributed by atoms with Crippen molar-refractivity contribution >= 4 is 11.9 Å². The lowest BCUT2D eigenvalue weighted by Gasteiger charge is -2.41. The summed E-state index contributed by atoms with van der Waals surface area (Å²) < 4.78 is 0. The van der Waals surface area contributed by atoms with Crippen LogP contribution in [0.1, 0.15) is 50.5 Å². The summed E-state index contributed by atoms with van der Waals surface area (Å²) in [5.41, 5.74) is 0.776. The lowest BCUT2D eigenvalue weighted by molar-refractivity contribution is -0.132. The van der Waals surface area contributed by atoms with E-state index >= 15 is 0 Å². The number of fused-ring (bicyclic) bond motifs is 2. The number of carbonyl (C=O) groups excluding carboxylic acids is 1. The Bertz CT molecular complexity index is 663. The molecule has 23 heavy (non-hydrogen) atoms. The van der Waals surface area contributed by atoms with Crippen LogP contribution in [0.2, 0.25) is 0 Å². The monoisotopic (exact) mass is 312 g/mol. The fourth-order valence-electron chi connectivity index (χ4n) is 5.50. The molecule has 3 heteroatoms. The Morgan fingerprint density at radius 3 is 2.83 bits per heavy atom. The molecular formula is C20H24O3. The number of Topliss-reactive ketones (excluding diaryl/α,β-unsaturated/α-hetero) is 1. The van der Waals surface area contributed by atoms with E-state index in [9.17, 15) is 15.0 Å². The molecule has 3 fully saturated rings. The standard InChI is InChI=1S/C20H24O3/c21-17-5-4-13(11-18(17)22)2-1-3-19(23)20-7-6-14-8-15(12-20)10-16(20)9-14/h1-2,4-5,11,14-16,21-22H,3,6-10,12H2. The van der Waals surface area contributed by atoms with Crippen molar-refractivity contribution in [1.29, 1.82) is 0 Å². The van der Waals surface area contributed by atoms with E-state index in [4.69, 9.17) is 0 Å². The normalized spacial score (nSPS) is 35.0. The van der Waals surface area contributed by atoms with Crippen LogP contribution in [-0.2, 0) is 4.79 Å². The zero-order valence-electron chi connectivity index (χ0n) is 13.4. The Hall–Kier alpha value is -1.77. The molecule has 3 aliphatic carbocycles. The summed E-state index contributed by atoms with van der Waals surface area (Å²) in [6.45, 7) is 0. The number of hydrogen-bond acceptors (Lipinski definition) is 3. The average Bonchev–Trinajstić information content (AvgIpc) is 2.70. The van der Waals surface area contributed by atoms with Crippen molar-refractivity contribution in [2.45, 2.75) is 44.9 Å². The number of benzene rings is 1. The van der Waals surface area contributed by atoms with E-state index in [1.54, 1.807) is 6.07 Å². The third-order valence-electron chi connectivity index (χ3n) is 6.50. The summed E-state index contributed by atoms with van der Waals surface area (Å²) in [5.74, 6) is 2.50. The summed E-state index contributed by atoms with van der Waals surface area (Å²) in [5, 5.41) is 18.8. The van der Waals surface area contributed by atoms with Crippen LogP contribution in [0.4, 0.5) is 0 Å². The largest absolute Gasteiger partial charge is 0.504 e. The second-order valence-electron chi connectivity index (χ2n) is 7.81. The molecule has 4 atom stereocenters. The van der Waals surface area contributed by atoms with E-state index in [1.807, 2.05) is 12.2 Å². The first kappa shape index (κ1) is 14.8. The molecule has 3 saturated carbocycles. The van der Waals surface area contributed by atoms with Gasteiger partial charge in [0.25, 0.3) is 0 Å². The van der Waals surface area contributed by atoms with Crippen LogP contribution >= 0.6 is 0 Å². The molecule has 3 bridgehead atoms. The maximum atomic E-state index is 12.9. The highest BCUT2D eigenvalue weighted by Crippen LogP contribution is 2.62. The first-order valence-electron chi connectivity index (χ1n) is 8.78. The molecule has 2 N–H and O–H groups in total. The smallest absolute Gasteiger partial charge is 0.157 e. The van der Waals surface area contributed by atoms with Crippen molar-refractivity contribution < 1.29 is 15.0 Å². The first-order chi connectivity index (χ1) is 11.1. The van der Waals surface area contributed by atoms with E-state index in [0.29, 0.717) is 18.1 Å². The molecule has 3 nitrogen and oxygen atoms in total. The Morgan fingerprint density at radius 1 is 1.17 bits per heavy atom. The van der Waals surface area contributed by atoms with Crippen LogP contribution in [0.15, 0.2) is 24.3 Å². The average molecular weight is 312 g/mol. The second-order valence-corrected chi connectivity index (χ2v) is 7.81. The Morgan fingerprint density at radius 2 is 2.00 bits per heavy atom. The number of aromatic hydroxyl groups is 2. The van der Waals surface area contributed by atoms with Crippen LogP contribution in [0.25, 0.3) is 6.08 Å². The summed E-state index contributed by atoms with van der Waals surface area (Å²) in [4.78, 5) is 12.9. The van der Waals surface area contributed by atoms with Crippen LogP contribution < -0.4 is 0 Å². The molecule has 0 heterocycles. The number of allylic oxidation sites excluding steroid dienone is 1. The fourth-order valence-corrected chi connectivity index (χ4v) is 5.50. The van der Waals surface area contributed by atoms with Crippen molar-refractivity contribution in [3.05, 3.63) is 29.8 Å². The SMILES string of the molecule is O=C(CC=Cc1ccc(O)c(O)c1)C12CCC3CC(CC1C3)C2. The van der Waals surface area contributed by atoms with Crippen LogP contribution in [-0.4, -0.2) is 16.0 Å². The minimum atomic E-state index is -0.125. The Kier molecular flexibility index (Phi) is 3.47. The molecule has 0 amide bonds. The number of rotatable bonds is 4. The Balaban J connectivity index is 1.46. The second kappa shape index (κ2) is 5.40. The molecule has 4 rings (SSSR count). The van der Waals surface area contributed by atoms with Crippen molar-refractivity contribution in [3.8, 4) is 11.5 Å². The van der Waals surface area contributed by atoms with Crippen molar-refractivity contribution in [3.63, 3.8) is 0 Å². The van der Waals surface area contributed by atoms with Gasteiger partial charge in [-0.25, -0.2) is 0 Å². The topological polar surface area (TPSA) is 57.5 Å². The molecule has 0 spiro atoms. The van der Waals surface area contributed by atoms with Gasteiger partial charge in [0.2, 0.25) is 0 Å². The van der Waals surface area contributed by atoms with Gasteiger partial charge in [-0.3, -0.25) is 4.79 Å². The van der Waals surface area contributed by atoms with Crippen molar-refractivity contribution in [2.75, 3.05) is 0 Å². The van der Waals surface area contributed by atoms with Gasteiger partial charge in [0, 0.05) is 11.8 Å². The van der Waals surface area contributed by atoms with Crippen molar-refractivity contribution in [2.24, 2.45) is 23.2 Å². The quantitative estimate of drug-likeness (QED) is 0.816. The number of carbonyl (C=O) groups is 1. The van der Waals surface area contributed by atoms with Gasteiger partial charge in [-0.2, -0.15) is 0 Å². The highest BCUT2D eigenvalue weighted by Gasteiger charge is 2.56. The molecule has 3 aliphatic rings. The minimum absolute atomic E-state index is 0.0287. The molecule has 0 aromatic heterocycles. The van der Waals surface area contributed by atoms with Gasteiger partial charge >= 0.3 is 0 Å². The lowest BCUT2D eigenvalue weighted by atomic mass is 9.62. The highest BCUT2D eigenvalue weighted by atomic mass is 16.3. The third-order valence-corrected chi connectivity index (χ3v) is 6.50. The van der Waals surface area contributed by atoms with E-state index in [0.717, 1.165) is 30.2 Å². The summed E-state index contributed by atoms with van der Waals surface area (Å²) in [6.07, 6.45) is 11.6. The van der Waals surface area contributed by atoms with Gasteiger partial charge in [0.05, 0.1) is 0 Å². The third kappa shape index (κ3) is 2.46. The van der Waals surface area contributed by atoms with Gasteiger partial charge in [-0.1, -0.05) is 18.2 Å². The highest BCUT2D eigenvalue weighted by molar-refractivity contribution is 5.87. The van der Waals surface area contributed by atoms with Crippen LogP contribution in [0, 0.1) is 23.2 Å². The zero-order chi connectivity index (χ0) is 16.0. The van der Waals surface area contributed by atoms with Gasteiger partial charge in [-0.15, -0.1) is 0 Å². The summed E-state index contributed by atoms with van der Waals surface area (Å²) in [7, 11) is 0. The maximum Gasteiger partial charge on any atom is 0.157 e. The van der Waals surface area contributed by atoms with Crippen LogP contribution in [0.3, 0.4) is 0 Å². The molecule has 4 unspecified atom stereocenters. The zero-order valence-corrected chi connectivity index (χ0v) is 13.4. The van der Waals surface area contributed by atoms with E-state index in [-0.39, 0.29) is 16.9 Å². The van der Waals surface area contributed by atoms with E-state index in [2.05, 4.69) is 0 Å².